The van der Waals surface area contributed by atoms with Crippen molar-refractivity contribution >= 4 is 28.9 Å². The summed E-state index contributed by atoms with van der Waals surface area (Å²) in [5, 5.41) is 15.9. The van der Waals surface area contributed by atoms with Crippen LogP contribution in [0.4, 0.5) is 11.4 Å². The number of fused-ring (bicyclic) bond motifs is 1. The second-order valence-electron chi connectivity index (χ2n) is 4.35. The highest BCUT2D eigenvalue weighted by atomic mass is 35.5. The van der Waals surface area contributed by atoms with Gasteiger partial charge in [0.05, 0.1) is 0 Å². The zero-order chi connectivity index (χ0) is 13.4. The summed E-state index contributed by atoms with van der Waals surface area (Å²) in [6.45, 7) is 0. The Labute approximate surface area is 115 Å². The molecular weight excluding hydrogens is 264 g/mol. The second-order valence-corrected chi connectivity index (χ2v) is 4.78. The van der Waals surface area contributed by atoms with Crippen LogP contribution < -0.4 is 10.6 Å². The zero-order valence-electron chi connectivity index (χ0n) is 9.85. The molecule has 0 saturated heterocycles. The summed E-state index contributed by atoms with van der Waals surface area (Å²) in [6.07, 6.45) is 0. The summed E-state index contributed by atoms with van der Waals surface area (Å²) in [7, 11) is 0. The Morgan fingerprint density at radius 2 is 2.05 bits per heavy atom. The lowest BCUT2D eigenvalue weighted by Crippen LogP contribution is -2.19. The number of aromatic hydroxyl groups is 1. The lowest BCUT2D eigenvalue weighted by Gasteiger charge is -2.13. The highest BCUT2D eigenvalue weighted by Crippen LogP contribution is 2.35. The minimum absolute atomic E-state index is 0.138. The number of phenolic OH excluding ortho intramolecular Hbond substituents is 1. The van der Waals surface area contributed by atoms with E-state index in [0.717, 1.165) is 11.3 Å². The van der Waals surface area contributed by atoms with Gasteiger partial charge in [0.25, 0.3) is 5.91 Å². The topological polar surface area (TPSA) is 61.4 Å². The van der Waals surface area contributed by atoms with E-state index in [2.05, 4.69) is 10.6 Å². The molecule has 1 unspecified atom stereocenters. The van der Waals surface area contributed by atoms with Crippen LogP contribution in [0, 0.1) is 0 Å². The number of amides is 1. The van der Waals surface area contributed by atoms with Gasteiger partial charge in [-0.2, -0.15) is 0 Å². The Hall–Kier alpha value is -2.20. The van der Waals surface area contributed by atoms with E-state index in [9.17, 15) is 9.90 Å². The third kappa shape index (κ3) is 2.22. The van der Waals surface area contributed by atoms with Gasteiger partial charge in [-0.05, 0) is 30.3 Å². The third-order valence-corrected chi connectivity index (χ3v) is 3.24. The molecule has 0 radical (unpaired) electrons. The zero-order valence-corrected chi connectivity index (χ0v) is 10.6. The maximum absolute atomic E-state index is 12.0. The molecule has 0 fully saturated rings. The highest BCUT2D eigenvalue weighted by molar-refractivity contribution is 6.31. The fourth-order valence-electron chi connectivity index (χ4n) is 2.14. The molecule has 3 rings (SSSR count). The van der Waals surface area contributed by atoms with Gasteiger partial charge >= 0.3 is 0 Å². The van der Waals surface area contributed by atoms with E-state index in [1.165, 1.54) is 0 Å². The molecule has 3 N–H and O–H groups in total. The monoisotopic (exact) mass is 274 g/mol. The van der Waals surface area contributed by atoms with Crippen LogP contribution in [0.2, 0.25) is 5.02 Å². The maximum atomic E-state index is 12.0. The number of carbonyl (C=O) groups is 1. The number of hydrogen-bond acceptors (Lipinski definition) is 3. The van der Waals surface area contributed by atoms with E-state index in [-0.39, 0.29) is 11.7 Å². The predicted octanol–water partition coefficient (Wildman–Crippen LogP) is 3.15. The van der Waals surface area contributed by atoms with E-state index < -0.39 is 6.04 Å². The molecule has 2 aromatic rings. The summed E-state index contributed by atoms with van der Waals surface area (Å²) < 4.78 is 0. The molecular formula is C14H11ClN2O2. The van der Waals surface area contributed by atoms with Gasteiger partial charge in [-0.3, -0.25) is 4.79 Å². The summed E-state index contributed by atoms with van der Waals surface area (Å²) in [5.74, 6) is 0.00957. The Balaban J connectivity index is 1.94. The van der Waals surface area contributed by atoms with Crippen LogP contribution in [-0.2, 0) is 4.79 Å². The first-order chi connectivity index (χ1) is 9.13. The largest absolute Gasteiger partial charge is 0.508 e. The van der Waals surface area contributed by atoms with Crippen molar-refractivity contribution in [1.29, 1.82) is 0 Å². The standard InChI is InChI=1S/C14H11ClN2O2/c15-8-4-5-12-11(6-8)13(14(19)17-12)16-9-2-1-3-10(18)7-9/h1-7,13,16,18H,(H,17,19). The van der Waals surface area contributed by atoms with Crippen molar-refractivity contribution in [1.82, 2.24) is 0 Å². The number of benzene rings is 2. The van der Waals surface area contributed by atoms with Crippen molar-refractivity contribution in [2.75, 3.05) is 10.6 Å². The number of hydrogen-bond donors (Lipinski definition) is 3. The molecule has 1 heterocycles. The van der Waals surface area contributed by atoms with Gasteiger partial charge in [0.15, 0.2) is 0 Å². The van der Waals surface area contributed by atoms with Gasteiger partial charge in [0.2, 0.25) is 0 Å². The molecule has 2 aromatic carbocycles. The van der Waals surface area contributed by atoms with E-state index in [4.69, 9.17) is 11.6 Å². The second kappa shape index (κ2) is 4.48. The highest BCUT2D eigenvalue weighted by Gasteiger charge is 2.30. The first kappa shape index (κ1) is 11.9. The molecule has 0 aliphatic carbocycles. The molecule has 5 heteroatoms. The van der Waals surface area contributed by atoms with Crippen molar-refractivity contribution in [3.8, 4) is 5.75 Å². The van der Waals surface area contributed by atoms with E-state index >= 15 is 0 Å². The molecule has 1 aliphatic rings. The van der Waals surface area contributed by atoms with E-state index in [0.29, 0.717) is 10.7 Å². The van der Waals surface area contributed by atoms with Crippen LogP contribution in [0.1, 0.15) is 11.6 Å². The number of carbonyl (C=O) groups excluding carboxylic acids is 1. The number of rotatable bonds is 2. The fraction of sp³-hybridized carbons (Fsp3) is 0.0714. The van der Waals surface area contributed by atoms with Crippen molar-refractivity contribution < 1.29 is 9.90 Å². The minimum Gasteiger partial charge on any atom is -0.508 e. The van der Waals surface area contributed by atoms with Crippen molar-refractivity contribution in [2.45, 2.75) is 6.04 Å². The minimum atomic E-state index is -0.504. The summed E-state index contributed by atoms with van der Waals surface area (Å²) in [5.41, 5.74) is 2.24. The molecule has 0 saturated carbocycles. The van der Waals surface area contributed by atoms with Crippen LogP contribution in [0.3, 0.4) is 0 Å². The van der Waals surface area contributed by atoms with Crippen molar-refractivity contribution in [3.05, 3.63) is 53.1 Å². The smallest absolute Gasteiger partial charge is 0.251 e. The number of nitrogens with one attached hydrogen (secondary N) is 2. The van der Waals surface area contributed by atoms with Crippen LogP contribution in [0.25, 0.3) is 0 Å². The molecule has 96 valence electrons. The van der Waals surface area contributed by atoms with Gasteiger partial charge < -0.3 is 15.7 Å². The molecule has 4 nitrogen and oxygen atoms in total. The molecule has 0 aromatic heterocycles. The summed E-state index contributed by atoms with van der Waals surface area (Å²) in [4.78, 5) is 12.0. The molecule has 1 amide bonds. The van der Waals surface area contributed by atoms with Gasteiger partial charge in [0, 0.05) is 28.0 Å². The first-order valence-electron chi connectivity index (χ1n) is 5.79. The Morgan fingerprint density at radius 3 is 2.84 bits per heavy atom. The Bertz CT molecular complexity index is 658. The number of phenols is 1. The Morgan fingerprint density at radius 1 is 1.21 bits per heavy atom. The molecule has 1 atom stereocenters. The third-order valence-electron chi connectivity index (χ3n) is 3.00. The SMILES string of the molecule is O=C1Nc2ccc(Cl)cc2C1Nc1cccc(O)c1. The molecule has 19 heavy (non-hydrogen) atoms. The van der Waals surface area contributed by atoms with Crippen molar-refractivity contribution in [3.63, 3.8) is 0 Å². The summed E-state index contributed by atoms with van der Waals surface area (Å²) in [6, 6.07) is 11.4. The van der Waals surface area contributed by atoms with E-state index in [1.54, 1.807) is 42.5 Å². The molecule has 0 spiro atoms. The Kier molecular flexibility index (Phi) is 2.80. The van der Waals surface area contributed by atoms with Crippen LogP contribution >= 0.6 is 11.6 Å². The van der Waals surface area contributed by atoms with Crippen LogP contribution in [0.5, 0.6) is 5.75 Å². The molecule has 0 bridgehead atoms. The van der Waals surface area contributed by atoms with Gasteiger partial charge in [-0.1, -0.05) is 17.7 Å². The lowest BCUT2D eigenvalue weighted by molar-refractivity contribution is -0.116. The van der Waals surface area contributed by atoms with Gasteiger partial charge in [-0.15, -0.1) is 0 Å². The fourth-order valence-corrected chi connectivity index (χ4v) is 2.32. The van der Waals surface area contributed by atoms with Gasteiger partial charge in [0.1, 0.15) is 11.8 Å². The average molecular weight is 275 g/mol. The predicted molar refractivity (Wildman–Crippen MR) is 74.6 cm³/mol. The average Bonchev–Trinajstić information content (AvgIpc) is 2.66. The number of anilines is 2. The number of halogens is 1. The molecule has 1 aliphatic heterocycles. The van der Waals surface area contributed by atoms with Crippen LogP contribution in [-0.4, -0.2) is 11.0 Å². The quantitative estimate of drug-likeness (QED) is 0.788. The van der Waals surface area contributed by atoms with Crippen LogP contribution in [0.15, 0.2) is 42.5 Å². The van der Waals surface area contributed by atoms with Gasteiger partial charge in [-0.25, -0.2) is 0 Å². The maximum Gasteiger partial charge on any atom is 0.251 e. The first-order valence-corrected chi connectivity index (χ1v) is 6.17. The summed E-state index contributed by atoms with van der Waals surface area (Å²) >= 11 is 5.96. The van der Waals surface area contributed by atoms with E-state index in [1.807, 2.05) is 0 Å². The lowest BCUT2D eigenvalue weighted by atomic mass is 10.1. The van der Waals surface area contributed by atoms with Crippen molar-refractivity contribution in [2.24, 2.45) is 0 Å². The normalized spacial score (nSPS) is 16.9.